The van der Waals surface area contributed by atoms with Crippen molar-refractivity contribution in [3.8, 4) is 33.4 Å². The van der Waals surface area contributed by atoms with Crippen LogP contribution in [-0.2, 0) is 5.41 Å². The predicted octanol–water partition coefficient (Wildman–Crippen LogP) is 19.4. The smallest absolute Gasteiger partial charge is 0.0783 e. The number of benzene rings is 11. The average molecular weight is 939 g/mol. The summed E-state index contributed by atoms with van der Waals surface area (Å²) in [5.74, 6) is 0. The summed E-state index contributed by atoms with van der Waals surface area (Å²) in [4.78, 5) is 4.99. The second-order valence-electron chi connectivity index (χ2n) is 18.7. The summed E-state index contributed by atoms with van der Waals surface area (Å²) in [7, 11) is 0. The molecule has 4 heterocycles. The van der Waals surface area contributed by atoms with Gasteiger partial charge in [-0.1, -0.05) is 176 Å². The van der Waals surface area contributed by atoms with Crippen LogP contribution in [0, 0.1) is 0 Å². The van der Waals surface area contributed by atoms with Gasteiger partial charge in [-0.25, -0.2) is 0 Å². The van der Waals surface area contributed by atoms with Gasteiger partial charge in [0, 0.05) is 51.7 Å². The fraction of sp³-hybridized carbons (Fsp3) is 0.0149. The van der Waals surface area contributed by atoms with Crippen LogP contribution in [-0.4, -0.2) is 0 Å². The summed E-state index contributed by atoms with van der Waals surface area (Å²) in [6.45, 7) is 0. The van der Waals surface area contributed by atoms with Crippen LogP contribution in [0.2, 0.25) is 0 Å². The molecule has 2 nitrogen and oxygen atoms in total. The number of thiophene rings is 2. The van der Waals surface area contributed by atoms with E-state index in [2.05, 4.69) is 265 Å². The molecule has 0 fully saturated rings. The lowest BCUT2D eigenvalue weighted by molar-refractivity contribution is 0.719. The van der Waals surface area contributed by atoms with E-state index in [-0.39, 0.29) is 0 Å². The Balaban J connectivity index is 0.920. The van der Waals surface area contributed by atoms with E-state index >= 15 is 0 Å². The molecule has 0 radical (unpaired) electrons. The Kier molecular flexibility index (Phi) is 8.95. The minimum atomic E-state index is -0.665. The summed E-state index contributed by atoms with van der Waals surface area (Å²) < 4.78 is 5.27. The van der Waals surface area contributed by atoms with Gasteiger partial charge < -0.3 is 9.80 Å². The van der Waals surface area contributed by atoms with Crippen molar-refractivity contribution in [2.24, 2.45) is 0 Å². The zero-order valence-corrected chi connectivity index (χ0v) is 40.1. The number of fused-ring (bicyclic) bond motifs is 14. The molecule has 71 heavy (non-hydrogen) atoms. The van der Waals surface area contributed by atoms with E-state index in [4.69, 9.17) is 0 Å². The predicted molar refractivity (Wildman–Crippen MR) is 303 cm³/mol. The molecule has 0 saturated heterocycles. The van der Waals surface area contributed by atoms with Crippen molar-refractivity contribution in [2.45, 2.75) is 5.41 Å². The summed E-state index contributed by atoms with van der Waals surface area (Å²) in [6, 6.07) is 95.0. The molecule has 11 aromatic carbocycles. The van der Waals surface area contributed by atoms with Crippen LogP contribution in [0.1, 0.15) is 22.3 Å². The highest BCUT2D eigenvalue weighted by molar-refractivity contribution is 7.26. The third kappa shape index (κ3) is 5.93. The van der Waals surface area contributed by atoms with Crippen LogP contribution in [0.4, 0.5) is 34.1 Å². The van der Waals surface area contributed by atoms with Gasteiger partial charge in [-0.2, -0.15) is 0 Å². The van der Waals surface area contributed by atoms with E-state index in [0.29, 0.717) is 0 Å². The van der Waals surface area contributed by atoms with E-state index in [1.54, 1.807) is 0 Å². The molecule has 15 rings (SSSR count). The normalized spacial score (nSPS) is 13.4. The highest BCUT2D eigenvalue weighted by Gasteiger charge is 2.52. The molecule has 0 saturated carbocycles. The second-order valence-corrected chi connectivity index (χ2v) is 20.9. The zero-order valence-electron chi connectivity index (χ0n) is 38.5. The van der Waals surface area contributed by atoms with Gasteiger partial charge in [0.25, 0.3) is 0 Å². The van der Waals surface area contributed by atoms with E-state index in [0.717, 1.165) is 11.4 Å². The Morgan fingerprint density at radius 3 is 1.15 bits per heavy atom. The lowest BCUT2D eigenvalue weighted by Crippen LogP contribution is -2.42. The Bertz CT molecular complexity index is 4140. The van der Waals surface area contributed by atoms with Crippen LogP contribution >= 0.6 is 22.7 Å². The minimum absolute atomic E-state index is 0.665. The molecule has 0 bridgehead atoms. The quantitative estimate of drug-likeness (QED) is 0.170. The van der Waals surface area contributed by atoms with Crippen LogP contribution in [0.5, 0.6) is 0 Å². The molecule has 2 aliphatic rings. The summed E-state index contributed by atoms with van der Waals surface area (Å²) >= 11 is 3.74. The van der Waals surface area contributed by atoms with Crippen molar-refractivity contribution >= 4 is 97.1 Å². The molecule has 1 spiro atoms. The van der Waals surface area contributed by atoms with Crippen LogP contribution in [0.15, 0.2) is 255 Å². The van der Waals surface area contributed by atoms with Gasteiger partial charge in [-0.05, 0) is 134 Å². The second kappa shape index (κ2) is 15.7. The van der Waals surface area contributed by atoms with E-state index in [9.17, 15) is 0 Å². The first-order chi connectivity index (χ1) is 35.2. The molecule has 2 aliphatic heterocycles. The molecular formula is C67H42N2S2. The van der Waals surface area contributed by atoms with Crippen molar-refractivity contribution in [3.63, 3.8) is 0 Å². The fourth-order valence-electron chi connectivity index (χ4n) is 12.1. The Morgan fingerprint density at radius 2 is 0.662 bits per heavy atom. The molecule has 0 N–H and O–H groups in total. The number of para-hydroxylation sites is 3. The fourth-order valence-corrected chi connectivity index (χ4v) is 14.4. The average Bonchev–Trinajstić information content (AvgIpc) is 4.03. The lowest BCUT2D eigenvalue weighted by Gasteiger charge is -2.51. The first-order valence-corrected chi connectivity index (χ1v) is 26.0. The molecule has 332 valence electrons. The Hall–Kier alpha value is -8.54. The molecule has 0 atom stereocenters. The molecule has 0 aliphatic carbocycles. The van der Waals surface area contributed by atoms with E-state index in [1.165, 1.54) is 119 Å². The summed E-state index contributed by atoms with van der Waals surface area (Å²) in [5.41, 5.74) is 18.6. The molecule has 0 unspecified atom stereocenters. The van der Waals surface area contributed by atoms with Crippen molar-refractivity contribution in [1.29, 1.82) is 0 Å². The van der Waals surface area contributed by atoms with Gasteiger partial charge in [0.2, 0.25) is 0 Å². The van der Waals surface area contributed by atoms with Gasteiger partial charge in [0.05, 0.1) is 28.2 Å². The van der Waals surface area contributed by atoms with Crippen molar-refractivity contribution < 1.29 is 0 Å². The van der Waals surface area contributed by atoms with E-state index in [1.807, 2.05) is 22.7 Å². The molecule has 0 amide bonds. The Morgan fingerprint density at radius 1 is 0.268 bits per heavy atom. The molecule has 2 aromatic heterocycles. The topological polar surface area (TPSA) is 6.48 Å². The van der Waals surface area contributed by atoms with Gasteiger partial charge in [0.15, 0.2) is 0 Å². The number of hydrogen-bond acceptors (Lipinski definition) is 4. The number of rotatable bonds is 5. The summed E-state index contributed by atoms with van der Waals surface area (Å²) in [6.07, 6.45) is 0. The molecule has 13 aromatic rings. The van der Waals surface area contributed by atoms with Crippen LogP contribution in [0.3, 0.4) is 0 Å². The molecular weight excluding hydrogens is 897 g/mol. The minimum Gasteiger partial charge on any atom is -0.310 e. The van der Waals surface area contributed by atoms with Crippen molar-refractivity contribution in [1.82, 2.24) is 0 Å². The maximum Gasteiger partial charge on any atom is 0.0783 e. The van der Waals surface area contributed by atoms with Crippen LogP contribution in [0.25, 0.3) is 73.7 Å². The highest BCUT2D eigenvalue weighted by atomic mass is 32.1. The largest absolute Gasteiger partial charge is 0.310 e. The number of anilines is 6. The van der Waals surface area contributed by atoms with Gasteiger partial charge in [-0.3, -0.25) is 0 Å². The maximum atomic E-state index is 2.50. The third-order valence-corrected chi connectivity index (χ3v) is 17.3. The van der Waals surface area contributed by atoms with E-state index < -0.39 is 5.41 Å². The SMILES string of the molecule is c1ccc(-c2ccc3c(c2)C2(c4ccccc4N(c4ccc(-c5cccc6sc7ccccc7c56)cc4)c4ccccc42)c2ccccc2N3c2ccc(-c3cccc4sc5ccccc5c34)cc2)cc1. The van der Waals surface area contributed by atoms with Gasteiger partial charge >= 0.3 is 0 Å². The molecule has 4 heteroatoms. The highest BCUT2D eigenvalue weighted by Crippen LogP contribution is 2.64. The Labute approximate surface area is 420 Å². The van der Waals surface area contributed by atoms with Crippen molar-refractivity contribution in [3.05, 3.63) is 277 Å². The first-order valence-electron chi connectivity index (χ1n) is 24.3. The van der Waals surface area contributed by atoms with Gasteiger partial charge in [0.1, 0.15) is 0 Å². The van der Waals surface area contributed by atoms with Gasteiger partial charge in [-0.15, -0.1) is 22.7 Å². The van der Waals surface area contributed by atoms with Crippen LogP contribution < -0.4 is 9.80 Å². The van der Waals surface area contributed by atoms with Crippen molar-refractivity contribution in [2.75, 3.05) is 9.80 Å². The monoisotopic (exact) mass is 938 g/mol. The standard InChI is InChI=1S/C67H42N2S2/c1-2-16-43(17-3-1)46-36-41-60-56(42-46)67(55-24-8-11-27-59(55)69(60)48-39-34-45(35-40-48)50-21-15-31-64-66(50)52-19-5-13-29-62(52)71-64)53-22-6-9-25-57(53)68(58-26-10-7-23-54(58)67)47-37-32-44(33-38-47)49-20-14-30-63-65(49)51-18-4-12-28-61(51)70-63/h1-42H. The first kappa shape index (κ1) is 40.4. The zero-order chi connectivity index (χ0) is 46.6. The summed E-state index contributed by atoms with van der Waals surface area (Å²) in [5, 5.41) is 5.29. The third-order valence-electron chi connectivity index (χ3n) is 15.1. The number of nitrogens with zero attached hydrogens (tertiary/aromatic N) is 2. The number of hydrogen-bond donors (Lipinski definition) is 0. The lowest BCUT2D eigenvalue weighted by atomic mass is 9.60. The maximum absolute atomic E-state index is 2.50.